The maximum absolute atomic E-state index is 12.2. The number of anilines is 1. The molecule has 1 amide bonds. The molecule has 21 heavy (non-hydrogen) atoms. The van der Waals surface area contributed by atoms with Gasteiger partial charge in [0, 0.05) is 28.2 Å². The standard InChI is InChI=1S/C15H20ClN3OS/c1-3-19(4-2)8-7-18-15(20)14-13(17)11-6-5-10(16)9-12(11)21-14/h5-6,9H,3-4,7-8,17H2,1-2H3,(H,18,20). The zero-order valence-electron chi connectivity index (χ0n) is 12.3. The third-order valence-corrected chi connectivity index (χ3v) is 4.91. The number of hydrogen-bond acceptors (Lipinski definition) is 4. The minimum Gasteiger partial charge on any atom is -0.397 e. The van der Waals surface area contributed by atoms with E-state index in [1.54, 1.807) is 6.07 Å². The fourth-order valence-electron chi connectivity index (χ4n) is 2.21. The average molecular weight is 326 g/mol. The molecule has 1 heterocycles. The van der Waals surface area contributed by atoms with Gasteiger partial charge in [0.05, 0.1) is 5.69 Å². The Kier molecular flexibility index (Phi) is 5.45. The second-order valence-electron chi connectivity index (χ2n) is 4.77. The number of hydrogen-bond donors (Lipinski definition) is 2. The van der Waals surface area contributed by atoms with Gasteiger partial charge in [0.25, 0.3) is 5.91 Å². The topological polar surface area (TPSA) is 58.4 Å². The van der Waals surface area contributed by atoms with Crippen molar-refractivity contribution in [3.63, 3.8) is 0 Å². The SMILES string of the molecule is CCN(CC)CCNC(=O)c1sc2cc(Cl)ccc2c1N. The molecule has 114 valence electrons. The summed E-state index contributed by atoms with van der Waals surface area (Å²) in [6, 6.07) is 5.48. The van der Waals surface area contributed by atoms with Gasteiger partial charge in [0.1, 0.15) is 4.88 Å². The Morgan fingerprint density at radius 1 is 1.38 bits per heavy atom. The van der Waals surface area contributed by atoms with E-state index in [9.17, 15) is 4.79 Å². The molecule has 0 atom stereocenters. The lowest BCUT2D eigenvalue weighted by Crippen LogP contribution is -2.34. The maximum atomic E-state index is 12.2. The highest BCUT2D eigenvalue weighted by Gasteiger charge is 2.16. The summed E-state index contributed by atoms with van der Waals surface area (Å²) in [7, 11) is 0. The Hall–Kier alpha value is -1.30. The van der Waals surface area contributed by atoms with Crippen LogP contribution in [0.2, 0.25) is 5.02 Å². The number of amides is 1. The van der Waals surface area contributed by atoms with Gasteiger partial charge in [-0.05, 0) is 31.3 Å². The number of carbonyl (C=O) groups is 1. The summed E-state index contributed by atoms with van der Waals surface area (Å²) in [5.74, 6) is -0.114. The van der Waals surface area contributed by atoms with E-state index in [1.165, 1.54) is 11.3 Å². The van der Waals surface area contributed by atoms with Crippen LogP contribution in [0.5, 0.6) is 0 Å². The van der Waals surface area contributed by atoms with Crippen LogP contribution in [0.25, 0.3) is 10.1 Å². The fourth-order valence-corrected chi connectivity index (χ4v) is 3.52. The second-order valence-corrected chi connectivity index (χ2v) is 6.26. The molecular formula is C15H20ClN3OS. The van der Waals surface area contributed by atoms with E-state index in [0.29, 0.717) is 22.1 Å². The first-order valence-electron chi connectivity index (χ1n) is 7.04. The van der Waals surface area contributed by atoms with Crippen LogP contribution in [-0.4, -0.2) is 37.0 Å². The third kappa shape index (κ3) is 3.67. The highest BCUT2D eigenvalue weighted by Crippen LogP contribution is 2.35. The summed E-state index contributed by atoms with van der Waals surface area (Å²) in [6.07, 6.45) is 0. The van der Waals surface area contributed by atoms with Gasteiger partial charge in [-0.2, -0.15) is 0 Å². The molecule has 0 unspecified atom stereocenters. The van der Waals surface area contributed by atoms with Gasteiger partial charge in [-0.3, -0.25) is 4.79 Å². The summed E-state index contributed by atoms with van der Waals surface area (Å²) in [4.78, 5) is 15.1. The molecule has 6 heteroatoms. The van der Waals surface area contributed by atoms with Crippen molar-refractivity contribution in [2.75, 3.05) is 31.9 Å². The summed E-state index contributed by atoms with van der Waals surface area (Å²) in [5.41, 5.74) is 6.60. The molecule has 4 nitrogen and oxygen atoms in total. The quantitative estimate of drug-likeness (QED) is 0.857. The second kappa shape index (κ2) is 7.11. The van der Waals surface area contributed by atoms with Gasteiger partial charge in [-0.1, -0.05) is 25.4 Å². The lowest BCUT2D eigenvalue weighted by atomic mass is 10.2. The van der Waals surface area contributed by atoms with Gasteiger partial charge in [0.2, 0.25) is 0 Å². The highest BCUT2D eigenvalue weighted by atomic mass is 35.5. The van der Waals surface area contributed by atoms with Gasteiger partial charge < -0.3 is 16.0 Å². The van der Waals surface area contributed by atoms with Crippen molar-refractivity contribution in [2.24, 2.45) is 0 Å². The van der Waals surface area contributed by atoms with Crippen LogP contribution in [-0.2, 0) is 0 Å². The smallest absolute Gasteiger partial charge is 0.263 e. The molecule has 1 aromatic carbocycles. The highest BCUT2D eigenvalue weighted by molar-refractivity contribution is 7.21. The minimum atomic E-state index is -0.114. The van der Waals surface area contributed by atoms with Crippen LogP contribution < -0.4 is 11.1 Å². The number of halogens is 1. The van der Waals surface area contributed by atoms with Crippen LogP contribution in [0.1, 0.15) is 23.5 Å². The van der Waals surface area contributed by atoms with Crippen LogP contribution in [0, 0.1) is 0 Å². The Morgan fingerprint density at radius 3 is 2.76 bits per heavy atom. The van der Waals surface area contributed by atoms with E-state index in [4.69, 9.17) is 17.3 Å². The molecule has 2 aromatic rings. The summed E-state index contributed by atoms with van der Waals surface area (Å²) in [6.45, 7) is 7.65. The van der Waals surface area contributed by atoms with Crippen molar-refractivity contribution in [3.8, 4) is 0 Å². The zero-order valence-corrected chi connectivity index (χ0v) is 13.9. The van der Waals surface area contributed by atoms with Crippen molar-refractivity contribution in [1.82, 2.24) is 10.2 Å². The average Bonchev–Trinajstić information content (AvgIpc) is 2.80. The van der Waals surface area contributed by atoms with E-state index in [0.717, 1.165) is 29.7 Å². The van der Waals surface area contributed by atoms with Gasteiger partial charge >= 0.3 is 0 Å². The Balaban J connectivity index is 2.07. The minimum absolute atomic E-state index is 0.114. The predicted octanol–water partition coefficient (Wildman–Crippen LogP) is 3.21. The van der Waals surface area contributed by atoms with Crippen LogP contribution >= 0.6 is 22.9 Å². The van der Waals surface area contributed by atoms with Crippen LogP contribution in [0.3, 0.4) is 0 Å². The number of nitrogen functional groups attached to an aromatic ring is 1. The van der Waals surface area contributed by atoms with Gasteiger partial charge in [0.15, 0.2) is 0 Å². The molecule has 0 radical (unpaired) electrons. The number of rotatable bonds is 6. The first-order valence-corrected chi connectivity index (χ1v) is 8.24. The summed E-state index contributed by atoms with van der Waals surface area (Å²) >= 11 is 7.35. The number of fused-ring (bicyclic) bond motifs is 1. The van der Waals surface area contributed by atoms with E-state index >= 15 is 0 Å². The van der Waals surface area contributed by atoms with E-state index in [2.05, 4.69) is 24.1 Å². The Labute approximate surface area is 133 Å². The molecule has 0 spiro atoms. The number of nitrogens with one attached hydrogen (secondary N) is 1. The molecule has 0 fully saturated rings. The van der Waals surface area contributed by atoms with E-state index in [1.807, 2.05) is 12.1 Å². The monoisotopic (exact) mass is 325 g/mol. The van der Waals surface area contributed by atoms with E-state index < -0.39 is 0 Å². The molecule has 3 N–H and O–H groups in total. The van der Waals surface area contributed by atoms with Crippen LogP contribution in [0.15, 0.2) is 18.2 Å². The molecule has 0 aliphatic heterocycles. The Bertz CT molecular complexity index is 637. The van der Waals surface area contributed by atoms with Crippen molar-refractivity contribution < 1.29 is 4.79 Å². The van der Waals surface area contributed by atoms with Crippen molar-refractivity contribution >= 4 is 44.6 Å². The third-order valence-electron chi connectivity index (χ3n) is 3.50. The normalized spacial score (nSPS) is 11.2. The number of nitrogens with zero attached hydrogens (tertiary/aromatic N) is 1. The molecule has 0 aliphatic carbocycles. The number of carbonyl (C=O) groups excluding carboxylic acids is 1. The van der Waals surface area contributed by atoms with Crippen LogP contribution in [0.4, 0.5) is 5.69 Å². The van der Waals surface area contributed by atoms with Crippen molar-refractivity contribution in [1.29, 1.82) is 0 Å². The van der Waals surface area contributed by atoms with Gasteiger partial charge in [-0.25, -0.2) is 0 Å². The molecule has 0 saturated heterocycles. The predicted molar refractivity (Wildman–Crippen MR) is 91.4 cm³/mol. The number of likely N-dealkylation sites (N-methyl/N-ethyl adjacent to an activating group) is 1. The van der Waals surface area contributed by atoms with Crippen molar-refractivity contribution in [2.45, 2.75) is 13.8 Å². The lowest BCUT2D eigenvalue weighted by molar-refractivity contribution is 0.0954. The molecule has 0 bridgehead atoms. The number of thiophene rings is 1. The summed E-state index contributed by atoms with van der Waals surface area (Å²) < 4.78 is 0.939. The first kappa shape index (κ1) is 16.1. The number of benzene rings is 1. The largest absolute Gasteiger partial charge is 0.397 e. The first-order chi connectivity index (χ1) is 10.1. The lowest BCUT2D eigenvalue weighted by Gasteiger charge is -2.17. The fraction of sp³-hybridized carbons (Fsp3) is 0.400. The molecule has 0 saturated carbocycles. The Morgan fingerprint density at radius 2 is 2.10 bits per heavy atom. The molecular weight excluding hydrogens is 306 g/mol. The maximum Gasteiger partial charge on any atom is 0.263 e. The number of nitrogens with two attached hydrogens (primary N) is 1. The summed E-state index contributed by atoms with van der Waals surface area (Å²) in [5, 5.41) is 4.47. The molecule has 2 rings (SSSR count). The zero-order chi connectivity index (χ0) is 15.4. The van der Waals surface area contributed by atoms with Gasteiger partial charge in [-0.15, -0.1) is 11.3 Å². The van der Waals surface area contributed by atoms with Crippen molar-refractivity contribution in [3.05, 3.63) is 28.1 Å². The molecule has 1 aromatic heterocycles. The molecule has 0 aliphatic rings. The van der Waals surface area contributed by atoms with E-state index in [-0.39, 0.29) is 5.91 Å².